The van der Waals surface area contributed by atoms with E-state index >= 15 is 0 Å². The summed E-state index contributed by atoms with van der Waals surface area (Å²) >= 11 is 0. The molecule has 4 aliphatic rings. The Labute approximate surface area is 134 Å². The smallest absolute Gasteiger partial charge is 0.312 e. The van der Waals surface area contributed by atoms with Crippen molar-refractivity contribution < 1.29 is 9.53 Å². The Morgan fingerprint density at radius 2 is 2.05 bits per heavy atom. The highest BCUT2D eigenvalue weighted by molar-refractivity contribution is 5.80. The topological polar surface area (TPSA) is 26.3 Å². The normalized spacial score (nSPS) is 46.6. The van der Waals surface area contributed by atoms with Gasteiger partial charge < -0.3 is 4.74 Å². The lowest BCUT2D eigenvalue weighted by Gasteiger charge is -2.55. The van der Waals surface area contributed by atoms with Crippen LogP contribution >= 0.6 is 0 Å². The van der Waals surface area contributed by atoms with Crippen LogP contribution < -0.4 is 0 Å². The predicted octanol–water partition coefficient (Wildman–Crippen LogP) is 4.66. The van der Waals surface area contributed by atoms with Crippen molar-refractivity contribution in [3.8, 4) is 0 Å². The summed E-state index contributed by atoms with van der Waals surface area (Å²) < 4.78 is 5.71. The molecule has 1 aliphatic heterocycles. The summed E-state index contributed by atoms with van der Waals surface area (Å²) in [7, 11) is 0. The first kappa shape index (κ1) is 14.5. The molecule has 2 bridgehead atoms. The van der Waals surface area contributed by atoms with Crippen molar-refractivity contribution in [3.05, 3.63) is 23.3 Å². The van der Waals surface area contributed by atoms with Gasteiger partial charge in [0, 0.05) is 6.42 Å². The van der Waals surface area contributed by atoms with Gasteiger partial charge in [0.1, 0.15) is 6.10 Å². The first-order chi connectivity index (χ1) is 10.3. The number of esters is 1. The maximum absolute atomic E-state index is 12.4. The van der Waals surface area contributed by atoms with Crippen LogP contribution in [0.2, 0.25) is 0 Å². The molecule has 22 heavy (non-hydrogen) atoms. The molecule has 1 saturated heterocycles. The minimum atomic E-state index is -0.248. The van der Waals surface area contributed by atoms with E-state index in [1.54, 1.807) is 11.1 Å². The number of allylic oxidation sites excluding steroid dienone is 4. The average molecular weight is 300 g/mol. The van der Waals surface area contributed by atoms with Gasteiger partial charge in [-0.05, 0) is 61.3 Å². The number of carbonyl (C=O) groups excluding carboxylic acids is 1. The fourth-order valence-electron chi connectivity index (χ4n) is 6.04. The van der Waals surface area contributed by atoms with Crippen LogP contribution in [0, 0.1) is 28.6 Å². The Balaban J connectivity index is 1.75. The van der Waals surface area contributed by atoms with Gasteiger partial charge in [-0.3, -0.25) is 4.79 Å². The van der Waals surface area contributed by atoms with Gasteiger partial charge >= 0.3 is 5.97 Å². The number of hydrogen-bond acceptors (Lipinski definition) is 2. The molecule has 2 fully saturated rings. The van der Waals surface area contributed by atoms with Crippen LogP contribution in [0.5, 0.6) is 0 Å². The lowest BCUT2D eigenvalue weighted by Crippen LogP contribution is -2.51. The number of carbonyl (C=O) groups is 1. The molecular weight excluding hydrogens is 272 g/mol. The number of fused-ring (bicyclic) bond motifs is 6. The molecule has 0 amide bonds. The zero-order chi connectivity index (χ0) is 15.7. The van der Waals surface area contributed by atoms with Crippen LogP contribution in [0.1, 0.15) is 59.8 Å². The van der Waals surface area contributed by atoms with Crippen LogP contribution in [-0.2, 0) is 9.53 Å². The Kier molecular flexibility index (Phi) is 2.97. The van der Waals surface area contributed by atoms with Crippen molar-refractivity contribution in [1.29, 1.82) is 0 Å². The zero-order valence-corrected chi connectivity index (χ0v) is 14.3. The lowest BCUT2D eigenvalue weighted by atomic mass is 9.47. The number of hydrogen-bond donors (Lipinski definition) is 0. The molecule has 1 saturated carbocycles. The van der Waals surface area contributed by atoms with Gasteiger partial charge in [0.15, 0.2) is 0 Å². The maximum atomic E-state index is 12.4. The van der Waals surface area contributed by atoms with Crippen molar-refractivity contribution in [2.24, 2.45) is 28.6 Å². The highest BCUT2D eigenvalue weighted by Crippen LogP contribution is 2.64. The molecule has 0 aromatic carbocycles. The first-order valence-corrected chi connectivity index (χ1v) is 8.96. The summed E-state index contributed by atoms with van der Waals surface area (Å²) in [4.78, 5) is 12.4. The second kappa shape index (κ2) is 4.49. The third-order valence-electron chi connectivity index (χ3n) is 7.23. The van der Waals surface area contributed by atoms with Crippen molar-refractivity contribution >= 4 is 5.97 Å². The molecule has 5 unspecified atom stereocenters. The molecule has 0 aromatic heterocycles. The van der Waals surface area contributed by atoms with E-state index in [4.69, 9.17) is 4.74 Å². The van der Waals surface area contributed by atoms with Crippen LogP contribution in [0.25, 0.3) is 0 Å². The molecule has 0 spiro atoms. The maximum Gasteiger partial charge on any atom is 0.312 e. The number of ether oxygens (including phenoxy) is 1. The van der Waals surface area contributed by atoms with E-state index in [-0.39, 0.29) is 22.9 Å². The zero-order valence-electron chi connectivity index (χ0n) is 14.3. The number of rotatable bonds is 1. The molecular formula is C20H28O2. The van der Waals surface area contributed by atoms with Crippen molar-refractivity contribution in [3.63, 3.8) is 0 Å². The summed E-state index contributed by atoms with van der Waals surface area (Å²) in [6, 6.07) is 0. The third kappa shape index (κ3) is 1.76. The van der Waals surface area contributed by atoms with E-state index in [0.29, 0.717) is 17.8 Å². The van der Waals surface area contributed by atoms with Crippen molar-refractivity contribution in [1.82, 2.24) is 0 Å². The summed E-state index contributed by atoms with van der Waals surface area (Å²) in [5.41, 5.74) is 3.13. The second-order valence-electron chi connectivity index (χ2n) is 8.82. The molecule has 120 valence electrons. The molecule has 0 radical (unpaired) electrons. The molecule has 1 heterocycles. The molecule has 5 atom stereocenters. The monoisotopic (exact) mass is 300 g/mol. The Morgan fingerprint density at radius 1 is 1.27 bits per heavy atom. The SMILES string of the molecule is CC(C)C1=CC2=CCC3C4(C)CC(CC3(C)C2CC1)OC4=O. The van der Waals surface area contributed by atoms with E-state index < -0.39 is 0 Å². The lowest BCUT2D eigenvalue weighted by molar-refractivity contribution is -0.149. The largest absolute Gasteiger partial charge is 0.462 e. The molecule has 0 aromatic rings. The van der Waals surface area contributed by atoms with E-state index in [1.807, 2.05) is 0 Å². The van der Waals surface area contributed by atoms with E-state index in [0.717, 1.165) is 19.3 Å². The Hall–Kier alpha value is -1.05. The minimum Gasteiger partial charge on any atom is -0.462 e. The summed E-state index contributed by atoms with van der Waals surface area (Å²) in [6.07, 6.45) is 10.6. The minimum absolute atomic E-state index is 0.0669. The fourth-order valence-corrected chi connectivity index (χ4v) is 6.04. The van der Waals surface area contributed by atoms with Gasteiger partial charge in [0.05, 0.1) is 5.41 Å². The highest BCUT2D eigenvalue weighted by Gasteiger charge is 2.64. The van der Waals surface area contributed by atoms with E-state index in [1.165, 1.54) is 12.8 Å². The quantitative estimate of drug-likeness (QED) is 0.658. The molecule has 2 heteroatoms. The van der Waals surface area contributed by atoms with Gasteiger partial charge in [0.2, 0.25) is 0 Å². The van der Waals surface area contributed by atoms with Gasteiger partial charge in [-0.25, -0.2) is 0 Å². The molecule has 2 nitrogen and oxygen atoms in total. The van der Waals surface area contributed by atoms with Gasteiger partial charge in [-0.2, -0.15) is 0 Å². The van der Waals surface area contributed by atoms with Crippen LogP contribution in [0.15, 0.2) is 23.3 Å². The fraction of sp³-hybridized carbons (Fsp3) is 0.750. The van der Waals surface area contributed by atoms with E-state index in [2.05, 4.69) is 39.8 Å². The van der Waals surface area contributed by atoms with Gasteiger partial charge in [-0.15, -0.1) is 0 Å². The standard InChI is InChI=1S/C20H28O2/c1-12(2)13-5-7-16-14(9-13)6-8-17-19(16,3)10-15-11-20(17,4)18(21)22-15/h6,9,12,15-17H,5,7-8,10-11H2,1-4H3. The predicted molar refractivity (Wildman–Crippen MR) is 87.2 cm³/mol. The van der Waals surface area contributed by atoms with Crippen LogP contribution in [0.4, 0.5) is 0 Å². The second-order valence-corrected chi connectivity index (χ2v) is 8.82. The summed E-state index contributed by atoms with van der Waals surface area (Å²) in [5, 5.41) is 0. The average Bonchev–Trinajstić information content (AvgIpc) is 2.69. The van der Waals surface area contributed by atoms with Gasteiger partial charge in [-0.1, -0.05) is 38.5 Å². The Bertz CT molecular complexity index is 585. The first-order valence-electron chi connectivity index (χ1n) is 8.96. The van der Waals surface area contributed by atoms with Crippen LogP contribution in [0.3, 0.4) is 0 Å². The molecule has 4 rings (SSSR count). The van der Waals surface area contributed by atoms with E-state index in [9.17, 15) is 4.79 Å². The van der Waals surface area contributed by atoms with Crippen LogP contribution in [-0.4, -0.2) is 12.1 Å². The van der Waals surface area contributed by atoms with Crippen molar-refractivity contribution in [2.45, 2.75) is 65.9 Å². The summed E-state index contributed by atoms with van der Waals surface area (Å²) in [5.74, 6) is 1.79. The van der Waals surface area contributed by atoms with Crippen molar-refractivity contribution in [2.75, 3.05) is 0 Å². The Morgan fingerprint density at radius 3 is 2.77 bits per heavy atom. The highest BCUT2D eigenvalue weighted by atomic mass is 16.6. The van der Waals surface area contributed by atoms with Gasteiger partial charge in [0.25, 0.3) is 0 Å². The molecule has 0 N–H and O–H groups in total. The molecule has 3 aliphatic carbocycles. The summed E-state index contributed by atoms with van der Waals surface area (Å²) in [6.45, 7) is 9.20. The third-order valence-corrected chi connectivity index (χ3v) is 7.23.